The lowest BCUT2D eigenvalue weighted by molar-refractivity contribution is -0.133. The summed E-state index contributed by atoms with van der Waals surface area (Å²) >= 11 is 0. The minimum Gasteiger partial charge on any atom is -0.385 e. The van der Waals surface area contributed by atoms with Gasteiger partial charge in [-0.05, 0) is 50.0 Å². The van der Waals surface area contributed by atoms with Crippen molar-refractivity contribution >= 4 is 5.91 Å². The topological polar surface area (TPSA) is 41.6 Å². The molecule has 0 aromatic heterocycles. The zero-order chi connectivity index (χ0) is 17.5. The summed E-state index contributed by atoms with van der Waals surface area (Å²) in [7, 11) is 1.73. The van der Waals surface area contributed by atoms with Crippen molar-refractivity contribution in [3.8, 4) is 0 Å². The second kappa shape index (κ2) is 9.35. The molecule has 2 aliphatic heterocycles. The fourth-order valence-corrected chi connectivity index (χ4v) is 4.36. The van der Waals surface area contributed by atoms with Gasteiger partial charge in [0, 0.05) is 45.3 Å². The number of nitrogens with one attached hydrogen (secondary N) is 1. The van der Waals surface area contributed by atoms with Crippen molar-refractivity contribution in [1.29, 1.82) is 0 Å². The molecule has 4 heteroatoms. The first kappa shape index (κ1) is 18.4. The maximum Gasteiger partial charge on any atom is 0.223 e. The number of ether oxygens (including phenoxy) is 1. The van der Waals surface area contributed by atoms with Gasteiger partial charge < -0.3 is 15.0 Å². The van der Waals surface area contributed by atoms with Gasteiger partial charge in [0.25, 0.3) is 0 Å². The minimum atomic E-state index is 0.326. The summed E-state index contributed by atoms with van der Waals surface area (Å²) in [5.74, 6) is 0.885. The summed E-state index contributed by atoms with van der Waals surface area (Å²) in [6.07, 6.45) is 7.65. The molecule has 2 aliphatic rings. The number of rotatable bonds is 9. The van der Waals surface area contributed by atoms with E-state index in [0.29, 0.717) is 30.3 Å². The first-order chi connectivity index (χ1) is 12.2. The summed E-state index contributed by atoms with van der Waals surface area (Å²) < 4.78 is 5.14. The van der Waals surface area contributed by atoms with Crippen LogP contribution in [0.5, 0.6) is 0 Å². The van der Waals surface area contributed by atoms with Gasteiger partial charge in [-0.3, -0.25) is 4.79 Å². The molecule has 2 saturated heterocycles. The van der Waals surface area contributed by atoms with Gasteiger partial charge in [-0.1, -0.05) is 30.3 Å². The van der Waals surface area contributed by atoms with Gasteiger partial charge in [0.15, 0.2) is 0 Å². The number of carbonyl (C=O) groups is 1. The third-order valence-corrected chi connectivity index (χ3v) is 5.63. The Labute approximate surface area is 151 Å². The Morgan fingerprint density at radius 3 is 2.56 bits per heavy atom. The predicted octanol–water partition coefficient (Wildman–Crippen LogP) is 3.36. The molecule has 0 radical (unpaired) electrons. The Hall–Kier alpha value is -1.39. The van der Waals surface area contributed by atoms with E-state index < -0.39 is 0 Å². The number of methoxy groups -OCH3 is 1. The molecule has 4 nitrogen and oxygen atoms in total. The molecular formula is C21H32N2O2. The normalized spacial score (nSPS) is 25.1. The second-order valence-electron chi connectivity index (χ2n) is 7.68. The van der Waals surface area contributed by atoms with Crippen LogP contribution in [0.4, 0.5) is 0 Å². The molecule has 2 heterocycles. The van der Waals surface area contributed by atoms with Crippen LogP contribution in [0, 0.1) is 5.92 Å². The zero-order valence-corrected chi connectivity index (χ0v) is 15.5. The van der Waals surface area contributed by atoms with Gasteiger partial charge in [-0.15, -0.1) is 0 Å². The number of hydrogen-bond acceptors (Lipinski definition) is 3. The van der Waals surface area contributed by atoms with Crippen LogP contribution >= 0.6 is 0 Å². The number of carbonyl (C=O) groups excluding carboxylic acids is 1. The van der Waals surface area contributed by atoms with E-state index in [0.717, 1.165) is 32.5 Å². The predicted molar refractivity (Wildman–Crippen MR) is 100 cm³/mol. The Morgan fingerprint density at radius 2 is 1.88 bits per heavy atom. The molecule has 138 valence electrons. The highest BCUT2D eigenvalue weighted by atomic mass is 16.5. The monoisotopic (exact) mass is 344 g/mol. The molecule has 25 heavy (non-hydrogen) atoms. The number of hydrogen-bond donors (Lipinski definition) is 1. The van der Waals surface area contributed by atoms with Crippen molar-refractivity contribution in [2.75, 3.05) is 20.3 Å². The smallest absolute Gasteiger partial charge is 0.223 e. The maximum absolute atomic E-state index is 13.0. The Bertz CT molecular complexity index is 522. The molecule has 2 unspecified atom stereocenters. The van der Waals surface area contributed by atoms with Crippen molar-refractivity contribution in [2.24, 2.45) is 5.92 Å². The van der Waals surface area contributed by atoms with E-state index in [2.05, 4.69) is 22.3 Å². The van der Waals surface area contributed by atoms with Gasteiger partial charge in [0.2, 0.25) is 5.91 Å². The second-order valence-corrected chi connectivity index (χ2v) is 7.68. The van der Waals surface area contributed by atoms with Crippen LogP contribution in [-0.2, 0) is 16.1 Å². The Kier molecular flexibility index (Phi) is 6.88. The quantitative estimate of drug-likeness (QED) is 0.699. The van der Waals surface area contributed by atoms with E-state index in [1.54, 1.807) is 7.11 Å². The highest BCUT2D eigenvalue weighted by molar-refractivity contribution is 5.76. The molecule has 2 bridgehead atoms. The van der Waals surface area contributed by atoms with Crippen LogP contribution in [0.25, 0.3) is 0 Å². The van der Waals surface area contributed by atoms with Crippen LogP contribution in [-0.4, -0.2) is 43.2 Å². The van der Waals surface area contributed by atoms with Gasteiger partial charge in [0.05, 0.1) is 0 Å². The van der Waals surface area contributed by atoms with Gasteiger partial charge in [0.1, 0.15) is 0 Å². The molecule has 1 amide bonds. The number of unbranched alkanes of at least 4 members (excludes halogenated alkanes) is 1. The Balaban J connectivity index is 1.55. The van der Waals surface area contributed by atoms with Crippen molar-refractivity contribution in [3.05, 3.63) is 35.9 Å². The van der Waals surface area contributed by atoms with E-state index in [-0.39, 0.29) is 0 Å². The highest BCUT2D eigenvalue weighted by Crippen LogP contribution is 2.33. The van der Waals surface area contributed by atoms with Gasteiger partial charge >= 0.3 is 0 Å². The Morgan fingerprint density at radius 1 is 1.16 bits per heavy atom. The molecule has 1 aromatic carbocycles. The molecule has 0 aliphatic carbocycles. The zero-order valence-electron chi connectivity index (χ0n) is 15.5. The number of benzene rings is 1. The van der Waals surface area contributed by atoms with Crippen LogP contribution < -0.4 is 5.32 Å². The van der Waals surface area contributed by atoms with Gasteiger partial charge in [-0.25, -0.2) is 0 Å². The van der Waals surface area contributed by atoms with E-state index >= 15 is 0 Å². The minimum absolute atomic E-state index is 0.326. The third-order valence-electron chi connectivity index (χ3n) is 5.63. The van der Waals surface area contributed by atoms with Crippen LogP contribution in [0.2, 0.25) is 0 Å². The molecule has 0 saturated carbocycles. The summed E-state index contributed by atoms with van der Waals surface area (Å²) in [5.41, 5.74) is 1.22. The first-order valence-corrected chi connectivity index (χ1v) is 9.81. The number of nitrogens with zero attached hydrogens (tertiary/aromatic N) is 1. The van der Waals surface area contributed by atoms with Crippen molar-refractivity contribution in [3.63, 3.8) is 0 Å². The molecule has 1 aromatic rings. The first-order valence-electron chi connectivity index (χ1n) is 9.81. The molecule has 0 spiro atoms. The third kappa shape index (κ3) is 5.55. The average Bonchev–Trinajstić information content (AvgIpc) is 2.97. The SMILES string of the molecule is COCCCCN(Cc1ccccc1)C(=O)CC1CC2CCC(C1)N2. The number of fused-ring (bicyclic) bond motifs is 2. The van der Waals surface area contributed by atoms with E-state index in [1.807, 2.05) is 18.2 Å². The summed E-state index contributed by atoms with van der Waals surface area (Å²) in [6.45, 7) is 2.32. The lowest BCUT2D eigenvalue weighted by Gasteiger charge is -2.31. The molecule has 1 N–H and O–H groups in total. The van der Waals surface area contributed by atoms with Crippen molar-refractivity contribution < 1.29 is 9.53 Å². The summed E-state index contributed by atoms with van der Waals surface area (Å²) in [5, 5.41) is 3.67. The standard InChI is InChI=1S/C21H32N2O2/c1-25-12-6-5-11-23(16-17-7-3-2-4-8-17)21(24)15-18-13-19-9-10-20(14-18)22-19/h2-4,7-8,18-20,22H,5-6,9-16H2,1H3. The number of amides is 1. The van der Waals surface area contributed by atoms with E-state index in [1.165, 1.54) is 31.2 Å². The fraction of sp³-hybridized carbons (Fsp3) is 0.667. The van der Waals surface area contributed by atoms with Crippen molar-refractivity contribution in [2.45, 2.75) is 63.6 Å². The van der Waals surface area contributed by atoms with Gasteiger partial charge in [-0.2, -0.15) is 0 Å². The van der Waals surface area contributed by atoms with Crippen LogP contribution in [0.15, 0.2) is 30.3 Å². The largest absolute Gasteiger partial charge is 0.385 e. The molecular weight excluding hydrogens is 312 g/mol. The summed E-state index contributed by atoms with van der Waals surface area (Å²) in [4.78, 5) is 15.1. The molecule has 2 fully saturated rings. The number of piperidine rings is 1. The lowest BCUT2D eigenvalue weighted by Crippen LogP contribution is -2.40. The lowest BCUT2D eigenvalue weighted by atomic mass is 9.89. The van der Waals surface area contributed by atoms with Crippen LogP contribution in [0.3, 0.4) is 0 Å². The fourth-order valence-electron chi connectivity index (χ4n) is 4.36. The summed E-state index contributed by atoms with van der Waals surface area (Å²) in [6, 6.07) is 11.7. The molecule has 2 atom stereocenters. The maximum atomic E-state index is 13.0. The highest BCUT2D eigenvalue weighted by Gasteiger charge is 2.34. The van der Waals surface area contributed by atoms with E-state index in [9.17, 15) is 4.79 Å². The van der Waals surface area contributed by atoms with E-state index in [4.69, 9.17) is 4.74 Å². The van der Waals surface area contributed by atoms with Crippen LogP contribution in [0.1, 0.15) is 50.5 Å². The van der Waals surface area contributed by atoms with Crippen molar-refractivity contribution in [1.82, 2.24) is 10.2 Å². The molecule has 3 rings (SSSR count). The average molecular weight is 344 g/mol.